The summed E-state index contributed by atoms with van der Waals surface area (Å²) in [6, 6.07) is 9.60. The maximum Gasteiger partial charge on any atom is 0.323 e. The van der Waals surface area contributed by atoms with Gasteiger partial charge in [-0.05, 0) is 32.3 Å². The number of nitrogens with zero attached hydrogens (tertiary/aromatic N) is 1. The van der Waals surface area contributed by atoms with E-state index in [9.17, 15) is 9.59 Å². The van der Waals surface area contributed by atoms with Gasteiger partial charge >= 0.3 is 5.97 Å². The van der Waals surface area contributed by atoms with Crippen LogP contribution in [0.15, 0.2) is 30.3 Å². The standard InChI is InChI=1S/C15H19NO3/c1-15(2,11-6-4-3-5-7-11)14(19)16(10-13(17)18)12-8-9-12/h3-7,12H,8-10H2,1-2H3,(H,17,18). The average Bonchev–Trinajstić information content (AvgIpc) is 3.20. The van der Waals surface area contributed by atoms with Gasteiger partial charge in [0.2, 0.25) is 5.91 Å². The number of aliphatic carboxylic acids is 1. The zero-order valence-electron chi connectivity index (χ0n) is 11.3. The van der Waals surface area contributed by atoms with Crippen LogP contribution in [-0.4, -0.2) is 34.5 Å². The minimum absolute atomic E-state index is 0.103. The van der Waals surface area contributed by atoms with Crippen LogP contribution in [0.4, 0.5) is 0 Å². The normalized spacial score (nSPS) is 15.1. The molecule has 0 aromatic heterocycles. The van der Waals surface area contributed by atoms with E-state index in [0.717, 1.165) is 18.4 Å². The Morgan fingerprint density at radius 1 is 1.26 bits per heavy atom. The summed E-state index contributed by atoms with van der Waals surface area (Å²) in [6.45, 7) is 3.49. The number of benzene rings is 1. The van der Waals surface area contributed by atoms with Crippen LogP contribution in [0, 0.1) is 0 Å². The van der Waals surface area contributed by atoms with E-state index in [1.54, 1.807) is 0 Å². The van der Waals surface area contributed by atoms with Crippen molar-refractivity contribution in [3.05, 3.63) is 35.9 Å². The number of carboxylic acid groups (broad SMARTS) is 1. The van der Waals surface area contributed by atoms with Crippen molar-refractivity contribution in [3.8, 4) is 0 Å². The molecule has 0 bridgehead atoms. The molecule has 1 aliphatic carbocycles. The van der Waals surface area contributed by atoms with Crippen molar-refractivity contribution in [1.82, 2.24) is 4.90 Å². The van der Waals surface area contributed by atoms with E-state index < -0.39 is 11.4 Å². The van der Waals surface area contributed by atoms with Crippen LogP contribution in [0.2, 0.25) is 0 Å². The number of hydrogen-bond acceptors (Lipinski definition) is 2. The molecule has 2 rings (SSSR count). The molecule has 0 aliphatic heterocycles. The lowest BCUT2D eigenvalue weighted by atomic mass is 9.83. The molecular weight excluding hydrogens is 242 g/mol. The summed E-state index contributed by atoms with van der Waals surface area (Å²) < 4.78 is 0. The molecule has 1 aromatic carbocycles. The van der Waals surface area contributed by atoms with E-state index in [1.165, 1.54) is 4.90 Å². The van der Waals surface area contributed by atoms with Crippen LogP contribution in [-0.2, 0) is 15.0 Å². The number of hydrogen-bond donors (Lipinski definition) is 1. The van der Waals surface area contributed by atoms with Crippen molar-refractivity contribution < 1.29 is 14.7 Å². The zero-order valence-corrected chi connectivity index (χ0v) is 11.3. The largest absolute Gasteiger partial charge is 0.480 e. The van der Waals surface area contributed by atoms with Gasteiger partial charge in [-0.25, -0.2) is 0 Å². The summed E-state index contributed by atoms with van der Waals surface area (Å²) in [5.74, 6) is -1.06. The van der Waals surface area contributed by atoms with Crippen LogP contribution < -0.4 is 0 Å². The predicted octanol–water partition coefficient (Wildman–Crippen LogP) is 2.04. The van der Waals surface area contributed by atoms with Crippen molar-refractivity contribution in [2.75, 3.05) is 6.54 Å². The topological polar surface area (TPSA) is 57.6 Å². The Kier molecular flexibility index (Phi) is 3.60. The highest BCUT2D eigenvalue weighted by molar-refractivity contribution is 5.90. The first-order valence-electron chi connectivity index (χ1n) is 6.51. The maximum absolute atomic E-state index is 12.6. The molecule has 0 atom stereocenters. The first-order chi connectivity index (χ1) is 8.93. The maximum atomic E-state index is 12.6. The Labute approximate surface area is 113 Å². The molecule has 1 N–H and O–H groups in total. The van der Waals surface area contributed by atoms with Crippen molar-refractivity contribution in [3.63, 3.8) is 0 Å². The fourth-order valence-electron chi connectivity index (χ4n) is 2.24. The molecule has 102 valence electrons. The Morgan fingerprint density at radius 3 is 2.32 bits per heavy atom. The molecule has 4 heteroatoms. The summed E-state index contributed by atoms with van der Waals surface area (Å²) in [7, 11) is 0. The molecule has 1 aromatic rings. The van der Waals surface area contributed by atoms with E-state index in [0.29, 0.717) is 0 Å². The first-order valence-corrected chi connectivity index (χ1v) is 6.51. The zero-order chi connectivity index (χ0) is 14.0. The van der Waals surface area contributed by atoms with Crippen LogP contribution in [0.1, 0.15) is 32.3 Å². The second-order valence-electron chi connectivity index (χ2n) is 5.55. The molecule has 1 fully saturated rings. The Hall–Kier alpha value is -1.84. The Morgan fingerprint density at radius 2 is 1.84 bits per heavy atom. The van der Waals surface area contributed by atoms with Crippen LogP contribution in [0.5, 0.6) is 0 Å². The van der Waals surface area contributed by atoms with Gasteiger partial charge in [-0.3, -0.25) is 9.59 Å². The molecule has 0 saturated heterocycles. The van der Waals surface area contributed by atoms with Crippen LogP contribution >= 0.6 is 0 Å². The number of rotatable bonds is 5. The highest BCUT2D eigenvalue weighted by Crippen LogP contribution is 2.32. The molecular formula is C15H19NO3. The molecule has 0 heterocycles. The second-order valence-corrected chi connectivity index (χ2v) is 5.55. The van der Waals surface area contributed by atoms with Gasteiger partial charge in [-0.15, -0.1) is 0 Å². The number of carbonyl (C=O) groups is 2. The van der Waals surface area contributed by atoms with Crippen molar-refractivity contribution in [2.24, 2.45) is 0 Å². The van der Waals surface area contributed by atoms with E-state index in [1.807, 2.05) is 44.2 Å². The van der Waals surface area contributed by atoms with Gasteiger partial charge in [0.05, 0.1) is 5.41 Å². The van der Waals surface area contributed by atoms with E-state index in [-0.39, 0.29) is 18.5 Å². The minimum Gasteiger partial charge on any atom is -0.480 e. The van der Waals surface area contributed by atoms with Gasteiger partial charge in [0.1, 0.15) is 6.54 Å². The third-order valence-corrected chi connectivity index (χ3v) is 3.58. The van der Waals surface area contributed by atoms with Crippen LogP contribution in [0.3, 0.4) is 0 Å². The molecule has 1 aliphatic rings. The molecule has 1 amide bonds. The van der Waals surface area contributed by atoms with E-state index in [4.69, 9.17) is 5.11 Å². The monoisotopic (exact) mass is 261 g/mol. The fraction of sp³-hybridized carbons (Fsp3) is 0.467. The highest BCUT2D eigenvalue weighted by Gasteiger charge is 2.41. The molecule has 0 radical (unpaired) electrons. The first kappa shape index (κ1) is 13.6. The minimum atomic E-state index is -0.955. The summed E-state index contributed by atoms with van der Waals surface area (Å²) in [5.41, 5.74) is 0.218. The molecule has 0 spiro atoms. The Balaban J connectivity index is 2.23. The lowest BCUT2D eigenvalue weighted by molar-refractivity contribution is -0.147. The SMILES string of the molecule is CC(C)(C(=O)N(CC(=O)O)C1CC1)c1ccccc1. The molecule has 0 unspecified atom stereocenters. The van der Waals surface area contributed by atoms with Crippen molar-refractivity contribution >= 4 is 11.9 Å². The third kappa shape index (κ3) is 2.95. The fourth-order valence-corrected chi connectivity index (χ4v) is 2.24. The predicted molar refractivity (Wildman–Crippen MR) is 71.8 cm³/mol. The Bertz CT molecular complexity index is 477. The summed E-state index contributed by atoms with van der Waals surface area (Å²) in [5, 5.41) is 8.95. The van der Waals surface area contributed by atoms with Gasteiger partial charge < -0.3 is 10.0 Å². The van der Waals surface area contributed by atoms with Gasteiger partial charge in [-0.1, -0.05) is 30.3 Å². The molecule has 4 nitrogen and oxygen atoms in total. The van der Waals surface area contributed by atoms with Crippen LogP contribution in [0.25, 0.3) is 0 Å². The summed E-state index contributed by atoms with van der Waals surface area (Å²) in [6.07, 6.45) is 1.81. The van der Waals surface area contributed by atoms with Gasteiger partial charge in [0, 0.05) is 6.04 Å². The highest BCUT2D eigenvalue weighted by atomic mass is 16.4. The quantitative estimate of drug-likeness (QED) is 0.882. The van der Waals surface area contributed by atoms with Gasteiger partial charge in [-0.2, -0.15) is 0 Å². The second kappa shape index (κ2) is 5.03. The molecule has 1 saturated carbocycles. The van der Waals surface area contributed by atoms with Gasteiger partial charge in [0.25, 0.3) is 0 Å². The number of amides is 1. The average molecular weight is 261 g/mol. The lowest BCUT2D eigenvalue weighted by Crippen LogP contribution is -2.46. The van der Waals surface area contributed by atoms with Gasteiger partial charge in [0.15, 0.2) is 0 Å². The smallest absolute Gasteiger partial charge is 0.323 e. The van der Waals surface area contributed by atoms with Crippen molar-refractivity contribution in [2.45, 2.75) is 38.1 Å². The van der Waals surface area contributed by atoms with Crippen molar-refractivity contribution in [1.29, 1.82) is 0 Å². The van der Waals surface area contributed by atoms with E-state index >= 15 is 0 Å². The number of carbonyl (C=O) groups excluding carboxylic acids is 1. The summed E-state index contributed by atoms with van der Waals surface area (Å²) >= 11 is 0. The van der Waals surface area contributed by atoms with E-state index in [2.05, 4.69) is 0 Å². The molecule has 19 heavy (non-hydrogen) atoms. The number of carboxylic acids is 1. The third-order valence-electron chi connectivity index (χ3n) is 3.58. The summed E-state index contributed by atoms with van der Waals surface area (Å²) in [4.78, 5) is 25.1. The lowest BCUT2D eigenvalue weighted by Gasteiger charge is -2.31.